The van der Waals surface area contributed by atoms with Crippen LogP contribution >= 0.6 is 0 Å². The summed E-state index contributed by atoms with van der Waals surface area (Å²) in [6.45, 7) is 0.405. The second-order valence-corrected chi connectivity index (χ2v) is 8.38. The number of hydrogen-bond donors (Lipinski definition) is 3. The highest BCUT2D eigenvalue weighted by Gasteiger charge is 2.38. The summed E-state index contributed by atoms with van der Waals surface area (Å²) in [5.41, 5.74) is 1.83. The molecule has 1 aromatic heterocycles. The van der Waals surface area contributed by atoms with E-state index in [9.17, 15) is 19.5 Å². The molecule has 3 aromatic rings. The Morgan fingerprint density at radius 1 is 1.09 bits per heavy atom. The average molecular weight is 481 g/mol. The molecular weight excluding hydrogens is 452 g/mol. The lowest BCUT2D eigenvalue weighted by Crippen LogP contribution is -2.45. The van der Waals surface area contributed by atoms with E-state index in [1.165, 1.54) is 20.2 Å². The number of aromatic amines is 1. The molecule has 10 nitrogen and oxygen atoms in total. The Morgan fingerprint density at radius 3 is 2.37 bits per heavy atom. The van der Waals surface area contributed by atoms with Crippen molar-refractivity contribution >= 4 is 17.8 Å². The van der Waals surface area contributed by atoms with Crippen molar-refractivity contribution in [3.63, 3.8) is 0 Å². The summed E-state index contributed by atoms with van der Waals surface area (Å²) in [7, 11) is 1.18. The van der Waals surface area contributed by atoms with Gasteiger partial charge in [-0.3, -0.25) is 14.7 Å². The van der Waals surface area contributed by atoms with Crippen LogP contribution in [0.25, 0.3) is 11.1 Å². The van der Waals surface area contributed by atoms with Crippen molar-refractivity contribution < 1.29 is 29.0 Å². The number of carbonyl (C=O) groups excluding carboxylic acids is 3. The molecule has 3 N–H and O–H groups in total. The summed E-state index contributed by atoms with van der Waals surface area (Å²) in [5, 5.41) is 22.6. The second-order valence-electron chi connectivity index (χ2n) is 8.38. The number of aromatic nitrogens is 3. The maximum atomic E-state index is 12.7. The number of benzene rings is 2. The monoisotopic (exact) mass is 480 g/mol. The maximum Gasteiger partial charge on any atom is 0.344 e. The Kier molecular flexibility index (Phi) is 8.69. The number of ether oxygens (including phenoxy) is 2. The Morgan fingerprint density at radius 2 is 1.77 bits per heavy atom. The number of carbonyl (C=O) groups is 3. The lowest BCUT2D eigenvalue weighted by Gasteiger charge is -2.30. The number of aliphatic hydroxyl groups is 1. The van der Waals surface area contributed by atoms with E-state index in [1.807, 2.05) is 54.6 Å². The fourth-order valence-electron chi connectivity index (χ4n) is 3.61. The van der Waals surface area contributed by atoms with Gasteiger partial charge in [0.1, 0.15) is 5.69 Å². The first-order valence-corrected chi connectivity index (χ1v) is 11.0. The van der Waals surface area contributed by atoms with Gasteiger partial charge in [-0.15, -0.1) is 5.10 Å². The van der Waals surface area contributed by atoms with Crippen molar-refractivity contribution in [1.29, 1.82) is 0 Å². The van der Waals surface area contributed by atoms with Crippen molar-refractivity contribution in [3.8, 4) is 11.1 Å². The Bertz CT molecular complexity index is 1120. The van der Waals surface area contributed by atoms with E-state index in [2.05, 4.69) is 25.5 Å². The third-order valence-corrected chi connectivity index (χ3v) is 5.63. The summed E-state index contributed by atoms with van der Waals surface area (Å²) in [5.74, 6) is -1.94. The van der Waals surface area contributed by atoms with Gasteiger partial charge >= 0.3 is 11.9 Å². The molecule has 0 radical (unpaired) electrons. The van der Waals surface area contributed by atoms with Crippen molar-refractivity contribution in [1.82, 2.24) is 20.7 Å². The zero-order valence-electron chi connectivity index (χ0n) is 19.6. The molecule has 0 aliphatic rings. The highest BCUT2D eigenvalue weighted by molar-refractivity contribution is 5.92. The van der Waals surface area contributed by atoms with Crippen LogP contribution < -0.4 is 5.32 Å². The van der Waals surface area contributed by atoms with E-state index < -0.39 is 42.5 Å². The van der Waals surface area contributed by atoms with Crippen LogP contribution in [0, 0.1) is 5.41 Å². The summed E-state index contributed by atoms with van der Waals surface area (Å²) in [4.78, 5) is 36.7. The topological polar surface area (TPSA) is 144 Å². The fraction of sp³-hybridized carbons (Fsp3) is 0.320. The standard InChI is InChI=1S/C25H28N4O6/c1-25(16-30,24(33)35-15-22(31)34-2)13-20(27-23(32)21-14-26-29-28-21)12-17-8-10-19(11-9-17)18-6-4-3-5-7-18/h3-11,14,20,30H,12-13,15-16H2,1-2H3,(H,27,32)(H,26,28,29)/t20-,25+/m1/s1. The van der Waals surface area contributed by atoms with Crippen LogP contribution in [0.15, 0.2) is 60.8 Å². The number of hydrogen-bond acceptors (Lipinski definition) is 8. The SMILES string of the molecule is COC(=O)COC(=O)[C@](C)(CO)C[C@@H](Cc1ccc(-c2ccccc2)cc1)NC(=O)c1cnn[nH]1. The van der Waals surface area contributed by atoms with Crippen molar-refractivity contribution in [2.24, 2.45) is 5.41 Å². The van der Waals surface area contributed by atoms with Gasteiger partial charge in [0.25, 0.3) is 5.91 Å². The molecule has 10 heteroatoms. The molecule has 2 aromatic carbocycles. The molecule has 0 saturated carbocycles. The van der Waals surface area contributed by atoms with Crippen LogP contribution in [0.5, 0.6) is 0 Å². The Labute approximate surface area is 202 Å². The van der Waals surface area contributed by atoms with Crippen LogP contribution in [0.2, 0.25) is 0 Å². The number of H-pyrrole nitrogens is 1. The number of methoxy groups -OCH3 is 1. The number of amides is 1. The summed E-state index contributed by atoms with van der Waals surface area (Å²) >= 11 is 0. The third-order valence-electron chi connectivity index (χ3n) is 5.63. The molecule has 0 spiro atoms. The number of nitrogens with zero attached hydrogens (tertiary/aromatic N) is 2. The number of rotatable bonds is 11. The molecule has 2 atom stereocenters. The lowest BCUT2D eigenvalue weighted by atomic mass is 9.82. The predicted octanol–water partition coefficient (Wildman–Crippen LogP) is 1.92. The zero-order chi connectivity index (χ0) is 25.3. The maximum absolute atomic E-state index is 12.7. The first kappa shape index (κ1) is 25.6. The van der Waals surface area contributed by atoms with E-state index in [0.717, 1.165) is 16.7 Å². The average Bonchev–Trinajstić information content (AvgIpc) is 3.43. The minimum absolute atomic E-state index is 0.0528. The molecule has 0 unspecified atom stereocenters. The molecule has 0 bridgehead atoms. The largest absolute Gasteiger partial charge is 0.466 e. The molecule has 1 amide bonds. The van der Waals surface area contributed by atoms with E-state index in [-0.39, 0.29) is 12.1 Å². The van der Waals surface area contributed by atoms with E-state index in [1.54, 1.807) is 0 Å². The fourth-order valence-corrected chi connectivity index (χ4v) is 3.61. The normalized spacial score (nSPS) is 13.3. The van der Waals surface area contributed by atoms with Gasteiger partial charge in [0, 0.05) is 6.04 Å². The molecule has 35 heavy (non-hydrogen) atoms. The number of aliphatic hydroxyl groups excluding tert-OH is 1. The van der Waals surface area contributed by atoms with E-state index in [4.69, 9.17) is 4.74 Å². The van der Waals surface area contributed by atoms with Gasteiger partial charge < -0.3 is 19.9 Å². The van der Waals surface area contributed by atoms with Gasteiger partial charge in [0.05, 0.1) is 25.3 Å². The molecule has 0 fully saturated rings. The lowest BCUT2D eigenvalue weighted by molar-refractivity contribution is -0.166. The van der Waals surface area contributed by atoms with Gasteiger partial charge in [-0.05, 0) is 36.5 Å². The third kappa shape index (κ3) is 6.97. The first-order chi connectivity index (χ1) is 16.8. The van der Waals surface area contributed by atoms with E-state index >= 15 is 0 Å². The molecule has 0 aliphatic carbocycles. The summed E-state index contributed by atoms with van der Waals surface area (Å²) in [6.07, 6.45) is 1.72. The van der Waals surface area contributed by atoms with Crippen LogP contribution in [0.4, 0.5) is 0 Å². The summed E-state index contributed by atoms with van der Waals surface area (Å²) in [6, 6.07) is 17.2. The predicted molar refractivity (Wildman–Crippen MR) is 126 cm³/mol. The highest BCUT2D eigenvalue weighted by atomic mass is 16.6. The zero-order valence-corrected chi connectivity index (χ0v) is 19.6. The summed E-state index contributed by atoms with van der Waals surface area (Å²) < 4.78 is 9.52. The minimum Gasteiger partial charge on any atom is -0.466 e. The van der Waals surface area contributed by atoms with Crippen LogP contribution in [0.1, 0.15) is 29.4 Å². The van der Waals surface area contributed by atoms with Gasteiger partial charge in [-0.25, -0.2) is 4.79 Å². The Hall–Kier alpha value is -4.05. The minimum atomic E-state index is -1.37. The van der Waals surface area contributed by atoms with Crippen LogP contribution in [0.3, 0.4) is 0 Å². The number of nitrogens with one attached hydrogen (secondary N) is 2. The molecular formula is C25H28N4O6. The van der Waals surface area contributed by atoms with Crippen molar-refractivity contribution in [2.45, 2.75) is 25.8 Å². The first-order valence-electron chi connectivity index (χ1n) is 11.0. The van der Waals surface area contributed by atoms with Crippen molar-refractivity contribution in [2.75, 3.05) is 20.3 Å². The smallest absolute Gasteiger partial charge is 0.344 e. The van der Waals surface area contributed by atoms with Crippen LogP contribution in [-0.2, 0) is 25.5 Å². The molecule has 1 heterocycles. The molecule has 184 valence electrons. The van der Waals surface area contributed by atoms with Gasteiger partial charge in [0.15, 0.2) is 6.61 Å². The quantitative estimate of drug-likeness (QED) is 0.353. The van der Waals surface area contributed by atoms with Gasteiger partial charge in [0.2, 0.25) is 0 Å². The number of esters is 2. The molecule has 0 aliphatic heterocycles. The Balaban J connectivity index is 1.78. The van der Waals surface area contributed by atoms with Crippen molar-refractivity contribution in [3.05, 3.63) is 72.1 Å². The highest BCUT2D eigenvalue weighted by Crippen LogP contribution is 2.27. The second kappa shape index (κ2) is 11.9. The molecule has 0 saturated heterocycles. The van der Waals surface area contributed by atoms with Crippen LogP contribution in [-0.4, -0.2) is 64.7 Å². The van der Waals surface area contributed by atoms with E-state index in [0.29, 0.717) is 6.42 Å². The van der Waals surface area contributed by atoms with Gasteiger partial charge in [-0.2, -0.15) is 0 Å². The van der Waals surface area contributed by atoms with Gasteiger partial charge in [-0.1, -0.05) is 59.8 Å². The molecule has 3 rings (SSSR count).